The summed E-state index contributed by atoms with van der Waals surface area (Å²) in [5.74, 6) is 1.10. The van der Waals surface area contributed by atoms with Gasteiger partial charge in [0.2, 0.25) is 0 Å². The second kappa shape index (κ2) is 5.95. The van der Waals surface area contributed by atoms with E-state index in [9.17, 15) is 0 Å². The minimum atomic E-state index is 0.412. The van der Waals surface area contributed by atoms with E-state index in [4.69, 9.17) is 4.74 Å². The summed E-state index contributed by atoms with van der Waals surface area (Å²) >= 11 is 2.01. The molecule has 2 nitrogen and oxygen atoms in total. The van der Waals surface area contributed by atoms with Crippen LogP contribution in [0.15, 0.2) is 42.5 Å². The van der Waals surface area contributed by atoms with Gasteiger partial charge in [-0.25, -0.2) is 0 Å². The number of nitrogens with one attached hydrogen (secondary N) is 1. The topological polar surface area (TPSA) is 21.3 Å². The van der Waals surface area contributed by atoms with Crippen LogP contribution in [0.4, 0.5) is 0 Å². The molecule has 1 unspecified atom stereocenters. The van der Waals surface area contributed by atoms with Gasteiger partial charge in [-0.3, -0.25) is 0 Å². The Labute approximate surface area is 118 Å². The van der Waals surface area contributed by atoms with E-state index in [0.29, 0.717) is 11.3 Å². The lowest BCUT2D eigenvalue weighted by Gasteiger charge is -2.27. The highest BCUT2D eigenvalue weighted by molar-refractivity contribution is 8.00. The summed E-state index contributed by atoms with van der Waals surface area (Å²) in [4.78, 5) is 0. The van der Waals surface area contributed by atoms with Crippen molar-refractivity contribution < 1.29 is 4.74 Å². The highest BCUT2D eigenvalue weighted by Crippen LogP contribution is 2.27. The van der Waals surface area contributed by atoms with Gasteiger partial charge in [0, 0.05) is 11.8 Å². The molecule has 0 aliphatic carbocycles. The van der Waals surface area contributed by atoms with E-state index in [1.54, 1.807) is 0 Å². The number of ether oxygens (including phenoxy) is 1. The molecule has 0 radical (unpaired) electrons. The molecule has 1 N–H and O–H groups in total. The van der Waals surface area contributed by atoms with Gasteiger partial charge in [-0.1, -0.05) is 36.4 Å². The maximum atomic E-state index is 5.22. The zero-order chi connectivity index (χ0) is 13.1. The lowest BCUT2D eigenvalue weighted by atomic mass is 10.0. The summed E-state index contributed by atoms with van der Waals surface area (Å²) in [6.07, 6.45) is 0. The van der Waals surface area contributed by atoms with E-state index in [0.717, 1.165) is 19.0 Å². The van der Waals surface area contributed by atoms with Crippen LogP contribution < -0.4 is 5.32 Å². The summed E-state index contributed by atoms with van der Waals surface area (Å²) in [7, 11) is 2.04. The minimum Gasteiger partial charge on any atom is -0.379 e. The maximum Gasteiger partial charge on any atom is 0.0607 e. The minimum absolute atomic E-state index is 0.412. The Hall–Kier alpha value is -1.03. The van der Waals surface area contributed by atoms with Crippen molar-refractivity contribution >= 4 is 22.5 Å². The average Bonchev–Trinajstić information content (AvgIpc) is 2.41. The first kappa shape index (κ1) is 13.0. The zero-order valence-electron chi connectivity index (χ0n) is 11.1. The van der Waals surface area contributed by atoms with Gasteiger partial charge in [0.15, 0.2) is 0 Å². The number of hydrogen-bond donors (Lipinski definition) is 1. The SMILES string of the molecule is CNC(CSC1COC1)c1ccc2ccccc2c1. The largest absolute Gasteiger partial charge is 0.379 e. The second-order valence-electron chi connectivity index (χ2n) is 4.94. The van der Waals surface area contributed by atoms with E-state index >= 15 is 0 Å². The Balaban J connectivity index is 1.75. The summed E-state index contributed by atoms with van der Waals surface area (Å²) in [6, 6.07) is 15.7. The molecular weight excluding hydrogens is 254 g/mol. The number of fused-ring (bicyclic) bond motifs is 1. The standard InChI is InChI=1S/C16H19NOS/c1-17-16(11-19-15-9-18-10-15)14-7-6-12-4-2-3-5-13(12)8-14/h2-8,15-17H,9-11H2,1H3. The van der Waals surface area contributed by atoms with Crippen LogP contribution in [0.2, 0.25) is 0 Å². The van der Waals surface area contributed by atoms with Gasteiger partial charge < -0.3 is 10.1 Å². The quantitative estimate of drug-likeness (QED) is 0.903. The molecule has 1 saturated heterocycles. The van der Waals surface area contributed by atoms with E-state index in [-0.39, 0.29) is 0 Å². The van der Waals surface area contributed by atoms with Crippen LogP contribution in [-0.4, -0.2) is 31.3 Å². The smallest absolute Gasteiger partial charge is 0.0607 e. The highest BCUT2D eigenvalue weighted by atomic mass is 32.2. The lowest BCUT2D eigenvalue weighted by Crippen LogP contribution is -2.32. The molecule has 0 aromatic heterocycles. The fourth-order valence-electron chi connectivity index (χ4n) is 2.31. The Morgan fingerprint density at radius 1 is 1.21 bits per heavy atom. The third-order valence-corrected chi connectivity index (χ3v) is 4.90. The van der Waals surface area contributed by atoms with Gasteiger partial charge in [-0.15, -0.1) is 0 Å². The summed E-state index contributed by atoms with van der Waals surface area (Å²) in [5.41, 5.74) is 1.37. The monoisotopic (exact) mass is 273 g/mol. The fourth-order valence-corrected chi connectivity index (χ4v) is 3.52. The maximum absolute atomic E-state index is 5.22. The van der Waals surface area contributed by atoms with Crippen LogP contribution in [0.3, 0.4) is 0 Å². The van der Waals surface area contributed by atoms with Crippen molar-refractivity contribution in [3.8, 4) is 0 Å². The summed E-state index contributed by atoms with van der Waals surface area (Å²) in [6.45, 7) is 1.83. The van der Waals surface area contributed by atoms with Crippen molar-refractivity contribution in [3.05, 3.63) is 48.0 Å². The van der Waals surface area contributed by atoms with Gasteiger partial charge in [-0.05, 0) is 29.4 Å². The first-order valence-corrected chi connectivity index (χ1v) is 7.77. The summed E-state index contributed by atoms with van der Waals surface area (Å²) in [5, 5.41) is 6.74. The molecule has 0 bridgehead atoms. The number of benzene rings is 2. The van der Waals surface area contributed by atoms with E-state index in [2.05, 4.69) is 47.8 Å². The Morgan fingerprint density at radius 3 is 2.68 bits per heavy atom. The highest BCUT2D eigenvalue weighted by Gasteiger charge is 2.20. The molecule has 2 aromatic carbocycles. The van der Waals surface area contributed by atoms with Crippen molar-refractivity contribution in [1.82, 2.24) is 5.32 Å². The van der Waals surface area contributed by atoms with Gasteiger partial charge in [-0.2, -0.15) is 11.8 Å². The number of rotatable bonds is 5. The molecular formula is C16H19NOS. The number of hydrogen-bond acceptors (Lipinski definition) is 3. The first-order chi connectivity index (χ1) is 9.36. The van der Waals surface area contributed by atoms with Crippen molar-refractivity contribution in [2.45, 2.75) is 11.3 Å². The first-order valence-electron chi connectivity index (χ1n) is 6.72. The average molecular weight is 273 g/mol. The third kappa shape index (κ3) is 2.94. The van der Waals surface area contributed by atoms with Crippen LogP contribution >= 0.6 is 11.8 Å². The molecule has 3 rings (SSSR count). The molecule has 0 amide bonds. The Morgan fingerprint density at radius 2 is 2.00 bits per heavy atom. The van der Waals surface area contributed by atoms with Crippen LogP contribution in [0.5, 0.6) is 0 Å². The normalized spacial score (nSPS) is 17.3. The van der Waals surface area contributed by atoms with E-state index < -0.39 is 0 Å². The summed E-state index contributed by atoms with van der Waals surface area (Å²) < 4.78 is 5.22. The Bertz CT molecular complexity index is 553. The lowest BCUT2D eigenvalue weighted by molar-refractivity contribution is 0.0455. The van der Waals surface area contributed by atoms with Gasteiger partial charge in [0.1, 0.15) is 0 Å². The van der Waals surface area contributed by atoms with Gasteiger partial charge in [0.25, 0.3) is 0 Å². The van der Waals surface area contributed by atoms with Gasteiger partial charge >= 0.3 is 0 Å². The molecule has 0 saturated carbocycles. The molecule has 100 valence electrons. The van der Waals surface area contributed by atoms with Crippen molar-refractivity contribution in [2.75, 3.05) is 26.0 Å². The van der Waals surface area contributed by atoms with E-state index in [1.807, 2.05) is 18.8 Å². The van der Waals surface area contributed by atoms with Crippen molar-refractivity contribution in [1.29, 1.82) is 0 Å². The number of thioether (sulfide) groups is 1. The second-order valence-corrected chi connectivity index (χ2v) is 6.27. The predicted octanol–water partition coefficient (Wildman–Crippen LogP) is 3.23. The zero-order valence-corrected chi connectivity index (χ0v) is 12.0. The molecule has 1 atom stereocenters. The molecule has 3 heteroatoms. The third-order valence-electron chi connectivity index (χ3n) is 3.63. The van der Waals surface area contributed by atoms with Gasteiger partial charge in [0.05, 0.1) is 18.5 Å². The van der Waals surface area contributed by atoms with Crippen LogP contribution in [0.1, 0.15) is 11.6 Å². The molecule has 1 aliphatic rings. The molecule has 1 aliphatic heterocycles. The fraction of sp³-hybridized carbons (Fsp3) is 0.375. The van der Waals surface area contributed by atoms with Crippen LogP contribution in [0.25, 0.3) is 10.8 Å². The van der Waals surface area contributed by atoms with Crippen LogP contribution in [0, 0.1) is 0 Å². The van der Waals surface area contributed by atoms with Crippen molar-refractivity contribution in [2.24, 2.45) is 0 Å². The molecule has 1 heterocycles. The van der Waals surface area contributed by atoms with Crippen molar-refractivity contribution in [3.63, 3.8) is 0 Å². The molecule has 0 spiro atoms. The molecule has 19 heavy (non-hydrogen) atoms. The molecule has 1 fully saturated rings. The predicted molar refractivity (Wildman–Crippen MR) is 82.8 cm³/mol. The Kier molecular flexibility index (Phi) is 4.06. The van der Waals surface area contributed by atoms with Crippen LogP contribution in [-0.2, 0) is 4.74 Å². The van der Waals surface area contributed by atoms with E-state index in [1.165, 1.54) is 16.3 Å². The molecule has 2 aromatic rings.